The molecule has 0 bridgehead atoms. The van der Waals surface area contributed by atoms with Crippen molar-refractivity contribution >= 4 is 5.91 Å². The van der Waals surface area contributed by atoms with Gasteiger partial charge in [0.15, 0.2) is 0 Å². The van der Waals surface area contributed by atoms with Crippen LogP contribution in [0.15, 0.2) is 73.1 Å². The number of rotatable bonds is 9. The predicted octanol–water partition coefficient (Wildman–Crippen LogP) is 4.99. The number of ether oxygens (including phenoxy) is 1. The Hall–Kier alpha value is -3.97. The third kappa shape index (κ3) is 5.27. The van der Waals surface area contributed by atoms with Gasteiger partial charge in [-0.25, -0.2) is 0 Å². The maximum Gasteiger partial charge on any atom is 0.272 e. The van der Waals surface area contributed by atoms with Crippen molar-refractivity contribution in [1.82, 2.24) is 25.0 Å². The van der Waals surface area contributed by atoms with Gasteiger partial charge in [0.05, 0.1) is 6.54 Å². The molecule has 5 rings (SSSR count). The SMILES string of the molecule is CNCCN1CCn2nc(-c3ccncc3)c(-c3ccc(OCc4ccc(C(C)C)cc4)cc3)c2C1=O. The summed E-state index contributed by atoms with van der Waals surface area (Å²) in [4.78, 5) is 19.6. The van der Waals surface area contributed by atoms with Gasteiger partial charge in [-0.2, -0.15) is 5.10 Å². The summed E-state index contributed by atoms with van der Waals surface area (Å²) in [5.41, 5.74) is 6.60. The van der Waals surface area contributed by atoms with Crippen LogP contribution >= 0.6 is 0 Å². The number of carbonyl (C=O) groups excluding carboxylic acids is 1. The van der Waals surface area contributed by atoms with Gasteiger partial charge < -0.3 is 15.0 Å². The zero-order valence-corrected chi connectivity index (χ0v) is 21.6. The van der Waals surface area contributed by atoms with Crippen LogP contribution in [0.5, 0.6) is 5.75 Å². The number of hydrogen-bond acceptors (Lipinski definition) is 5. The molecule has 3 heterocycles. The highest BCUT2D eigenvalue weighted by Gasteiger charge is 2.32. The Morgan fingerprint density at radius 2 is 1.68 bits per heavy atom. The zero-order valence-electron chi connectivity index (χ0n) is 21.6. The van der Waals surface area contributed by atoms with Gasteiger partial charge in [-0.1, -0.05) is 50.2 Å². The smallest absolute Gasteiger partial charge is 0.272 e. The Balaban J connectivity index is 1.43. The van der Waals surface area contributed by atoms with E-state index < -0.39 is 0 Å². The van der Waals surface area contributed by atoms with E-state index in [0.29, 0.717) is 37.9 Å². The van der Waals surface area contributed by atoms with Crippen molar-refractivity contribution in [3.05, 3.63) is 89.9 Å². The van der Waals surface area contributed by atoms with Crippen molar-refractivity contribution in [2.24, 2.45) is 0 Å². The Bertz CT molecular complexity index is 1350. The van der Waals surface area contributed by atoms with Crippen LogP contribution < -0.4 is 10.1 Å². The van der Waals surface area contributed by atoms with Crippen molar-refractivity contribution in [2.75, 3.05) is 26.7 Å². The normalized spacial score (nSPS) is 13.2. The summed E-state index contributed by atoms with van der Waals surface area (Å²) in [6.07, 6.45) is 3.51. The van der Waals surface area contributed by atoms with Crippen LogP contribution in [0, 0.1) is 0 Å². The van der Waals surface area contributed by atoms with E-state index in [1.165, 1.54) is 5.56 Å². The highest BCUT2D eigenvalue weighted by Crippen LogP contribution is 2.37. The molecule has 37 heavy (non-hydrogen) atoms. The van der Waals surface area contributed by atoms with E-state index in [1.807, 2.05) is 53.0 Å². The largest absolute Gasteiger partial charge is 0.489 e. The molecule has 0 fully saturated rings. The Kier molecular flexibility index (Phi) is 7.32. The average Bonchev–Trinajstić information content (AvgIpc) is 3.33. The number of nitrogens with one attached hydrogen (secondary N) is 1. The Morgan fingerprint density at radius 3 is 2.35 bits per heavy atom. The summed E-state index contributed by atoms with van der Waals surface area (Å²) in [6, 6.07) is 20.4. The fraction of sp³-hybridized carbons (Fsp3) is 0.300. The maximum atomic E-state index is 13.6. The number of likely N-dealkylation sites (N-methyl/N-ethyl adjacent to an activating group) is 1. The third-order valence-corrected chi connectivity index (χ3v) is 6.80. The van der Waals surface area contributed by atoms with Gasteiger partial charge in [0.1, 0.15) is 23.7 Å². The molecule has 7 heteroatoms. The lowest BCUT2D eigenvalue weighted by Crippen LogP contribution is -2.43. The maximum absolute atomic E-state index is 13.6. The Labute approximate surface area is 218 Å². The fourth-order valence-corrected chi connectivity index (χ4v) is 4.64. The first-order chi connectivity index (χ1) is 18.0. The standard InChI is InChI=1S/C30H33N5O2/c1-21(2)23-6-4-22(5-7-23)20-37-26-10-8-24(9-11-26)27-28(25-12-14-32-15-13-25)33-35-19-18-34(17-16-31-3)30(36)29(27)35/h4-15,21,31H,16-20H2,1-3H3. The quantitative estimate of drug-likeness (QED) is 0.354. The van der Waals surface area contributed by atoms with E-state index in [-0.39, 0.29) is 5.91 Å². The van der Waals surface area contributed by atoms with Gasteiger partial charge in [-0.15, -0.1) is 0 Å². The number of amides is 1. The molecule has 1 aliphatic rings. The molecular weight excluding hydrogens is 462 g/mol. The number of carbonyl (C=O) groups is 1. The van der Waals surface area contributed by atoms with Crippen LogP contribution in [0.4, 0.5) is 0 Å². The minimum Gasteiger partial charge on any atom is -0.489 e. The minimum atomic E-state index is 0.00878. The molecular formula is C30H33N5O2. The summed E-state index contributed by atoms with van der Waals surface area (Å²) >= 11 is 0. The van der Waals surface area contributed by atoms with Gasteiger partial charge in [0, 0.05) is 43.2 Å². The van der Waals surface area contributed by atoms with Gasteiger partial charge in [-0.3, -0.25) is 14.5 Å². The molecule has 0 unspecified atom stereocenters. The first kappa shape index (κ1) is 24.7. The highest BCUT2D eigenvalue weighted by molar-refractivity contribution is 6.03. The highest BCUT2D eigenvalue weighted by atomic mass is 16.5. The molecule has 0 aliphatic carbocycles. The van der Waals surface area contributed by atoms with Crippen LogP contribution in [-0.4, -0.2) is 52.3 Å². The molecule has 0 saturated carbocycles. The van der Waals surface area contributed by atoms with E-state index in [1.54, 1.807) is 12.4 Å². The number of hydrogen-bond donors (Lipinski definition) is 1. The fourth-order valence-electron chi connectivity index (χ4n) is 4.64. The second-order valence-electron chi connectivity index (χ2n) is 9.64. The molecule has 0 radical (unpaired) electrons. The van der Waals surface area contributed by atoms with Gasteiger partial charge in [-0.05, 0) is 53.9 Å². The van der Waals surface area contributed by atoms with Crippen LogP contribution in [0.1, 0.15) is 41.4 Å². The molecule has 0 saturated heterocycles. The lowest BCUT2D eigenvalue weighted by molar-refractivity contribution is 0.0701. The third-order valence-electron chi connectivity index (χ3n) is 6.80. The second-order valence-corrected chi connectivity index (χ2v) is 9.64. The van der Waals surface area contributed by atoms with Crippen LogP contribution in [-0.2, 0) is 13.2 Å². The monoisotopic (exact) mass is 495 g/mol. The lowest BCUT2D eigenvalue weighted by Gasteiger charge is -2.28. The molecule has 2 aromatic heterocycles. The second kappa shape index (κ2) is 11.0. The lowest BCUT2D eigenvalue weighted by atomic mass is 9.98. The molecule has 1 amide bonds. The molecule has 4 aromatic rings. The summed E-state index contributed by atoms with van der Waals surface area (Å²) in [7, 11) is 1.90. The Morgan fingerprint density at radius 1 is 0.946 bits per heavy atom. The summed E-state index contributed by atoms with van der Waals surface area (Å²) < 4.78 is 7.92. The van der Waals surface area contributed by atoms with Crippen molar-refractivity contribution in [3.63, 3.8) is 0 Å². The number of fused-ring (bicyclic) bond motifs is 1. The van der Waals surface area contributed by atoms with Crippen LogP contribution in [0.25, 0.3) is 22.4 Å². The average molecular weight is 496 g/mol. The first-order valence-electron chi connectivity index (χ1n) is 12.8. The van der Waals surface area contributed by atoms with Gasteiger partial charge in [0.2, 0.25) is 0 Å². The van der Waals surface area contributed by atoms with Crippen molar-refractivity contribution in [3.8, 4) is 28.1 Å². The zero-order chi connectivity index (χ0) is 25.8. The van der Waals surface area contributed by atoms with E-state index >= 15 is 0 Å². The number of benzene rings is 2. The van der Waals surface area contributed by atoms with Crippen LogP contribution in [0.3, 0.4) is 0 Å². The van der Waals surface area contributed by atoms with E-state index in [2.05, 4.69) is 48.4 Å². The summed E-state index contributed by atoms with van der Waals surface area (Å²) in [5.74, 6) is 1.30. The first-order valence-corrected chi connectivity index (χ1v) is 12.8. The van der Waals surface area contributed by atoms with Crippen LogP contribution in [0.2, 0.25) is 0 Å². The molecule has 2 aromatic carbocycles. The van der Waals surface area contributed by atoms with Crippen molar-refractivity contribution in [1.29, 1.82) is 0 Å². The molecule has 7 nitrogen and oxygen atoms in total. The minimum absolute atomic E-state index is 0.00878. The predicted molar refractivity (Wildman–Crippen MR) is 146 cm³/mol. The summed E-state index contributed by atoms with van der Waals surface area (Å²) in [6.45, 7) is 7.61. The number of aromatic nitrogens is 3. The number of pyridine rings is 1. The van der Waals surface area contributed by atoms with Crippen molar-refractivity contribution in [2.45, 2.75) is 32.9 Å². The summed E-state index contributed by atoms with van der Waals surface area (Å²) in [5, 5.41) is 8.01. The van der Waals surface area contributed by atoms with Gasteiger partial charge >= 0.3 is 0 Å². The van der Waals surface area contributed by atoms with E-state index in [4.69, 9.17) is 9.84 Å². The molecule has 1 N–H and O–H groups in total. The van der Waals surface area contributed by atoms with Crippen molar-refractivity contribution < 1.29 is 9.53 Å². The molecule has 0 spiro atoms. The molecule has 190 valence electrons. The van der Waals surface area contributed by atoms with Gasteiger partial charge in [0.25, 0.3) is 5.91 Å². The van der Waals surface area contributed by atoms with E-state index in [9.17, 15) is 4.79 Å². The molecule has 0 atom stereocenters. The molecule has 1 aliphatic heterocycles. The topological polar surface area (TPSA) is 72.3 Å². The van der Waals surface area contributed by atoms with E-state index in [0.717, 1.165) is 40.2 Å². The number of nitrogens with zero attached hydrogens (tertiary/aromatic N) is 4.